The Hall–Kier alpha value is -1.97. The van der Waals surface area contributed by atoms with Crippen molar-refractivity contribution in [2.45, 2.75) is 4.90 Å². The van der Waals surface area contributed by atoms with Gasteiger partial charge in [0.2, 0.25) is 10.0 Å². The number of carboxylic acids is 1. The number of benzene rings is 1. The number of rotatable bonds is 5. The number of carbonyl (C=O) groups excluding carboxylic acids is 1. The van der Waals surface area contributed by atoms with Crippen molar-refractivity contribution in [2.24, 2.45) is 0 Å². The summed E-state index contributed by atoms with van der Waals surface area (Å²) in [6.07, 6.45) is 0. The molecular weight excluding hydrogens is 324 g/mol. The minimum Gasteiger partial charge on any atom is -0.480 e. The first-order valence-corrected chi connectivity index (χ1v) is 8.41. The molecule has 1 N–H and O–H groups in total. The first-order valence-electron chi connectivity index (χ1n) is 6.97. The van der Waals surface area contributed by atoms with Gasteiger partial charge in [0.15, 0.2) is 0 Å². The lowest BCUT2D eigenvalue weighted by Gasteiger charge is -2.26. The van der Waals surface area contributed by atoms with Crippen LogP contribution in [0.25, 0.3) is 0 Å². The molecule has 1 aliphatic rings. The Morgan fingerprint density at radius 2 is 1.96 bits per heavy atom. The van der Waals surface area contributed by atoms with Crippen LogP contribution >= 0.6 is 0 Å². The normalized spacial score (nSPS) is 16.0. The van der Waals surface area contributed by atoms with Gasteiger partial charge < -0.3 is 14.7 Å². The lowest BCUT2D eigenvalue weighted by Crippen LogP contribution is -2.40. The Bertz CT molecular complexity index is 697. The fraction of sp³-hybridized carbons (Fsp3) is 0.429. The summed E-state index contributed by atoms with van der Waals surface area (Å²) in [5.74, 6) is -1.69. The number of likely N-dealkylation sites (N-methyl/N-ethyl adjacent to an activating group) is 1. The van der Waals surface area contributed by atoms with E-state index in [2.05, 4.69) is 0 Å². The summed E-state index contributed by atoms with van der Waals surface area (Å²) >= 11 is 0. The summed E-state index contributed by atoms with van der Waals surface area (Å²) in [5.41, 5.74) is 0.128. The van der Waals surface area contributed by atoms with Gasteiger partial charge in [0.1, 0.15) is 6.54 Å². The van der Waals surface area contributed by atoms with Gasteiger partial charge in [0.25, 0.3) is 5.91 Å². The molecule has 1 aromatic carbocycles. The van der Waals surface area contributed by atoms with E-state index < -0.39 is 28.4 Å². The van der Waals surface area contributed by atoms with Crippen molar-refractivity contribution in [3.8, 4) is 0 Å². The largest absolute Gasteiger partial charge is 0.480 e. The highest BCUT2D eigenvalue weighted by Crippen LogP contribution is 2.19. The molecule has 8 nitrogen and oxygen atoms in total. The average Bonchev–Trinajstić information content (AvgIpc) is 2.54. The highest BCUT2D eigenvalue weighted by atomic mass is 32.2. The second-order valence-corrected chi connectivity index (χ2v) is 7.04. The smallest absolute Gasteiger partial charge is 0.323 e. The number of amides is 1. The van der Waals surface area contributed by atoms with Crippen LogP contribution in [0.4, 0.5) is 0 Å². The first kappa shape index (κ1) is 17.4. The van der Waals surface area contributed by atoms with Crippen LogP contribution in [0.2, 0.25) is 0 Å². The Morgan fingerprint density at radius 1 is 1.30 bits per heavy atom. The van der Waals surface area contributed by atoms with Gasteiger partial charge in [0.05, 0.1) is 18.1 Å². The quantitative estimate of drug-likeness (QED) is 0.799. The van der Waals surface area contributed by atoms with E-state index >= 15 is 0 Å². The molecule has 1 amide bonds. The van der Waals surface area contributed by atoms with Crippen LogP contribution in [0.1, 0.15) is 10.4 Å². The van der Waals surface area contributed by atoms with Crippen LogP contribution in [0, 0.1) is 0 Å². The summed E-state index contributed by atoms with van der Waals surface area (Å²) in [6.45, 7) is 0.733. The molecule has 1 fully saturated rings. The number of carboxylic acid groups (broad SMARTS) is 1. The van der Waals surface area contributed by atoms with Gasteiger partial charge in [-0.3, -0.25) is 9.59 Å². The maximum Gasteiger partial charge on any atom is 0.323 e. The summed E-state index contributed by atoms with van der Waals surface area (Å²) in [7, 11) is -2.35. The lowest BCUT2D eigenvalue weighted by molar-refractivity contribution is -0.137. The van der Waals surface area contributed by atoms with E-state index in [1.165, 1.54) is 35.6 Å². The molecule has 0 radical (unpaired) electrons. The number of morpholine rings is 1. The van der Waals surface area contributed by atoms with Crippen molar-refractivity contribution >= 4 is 21.9 Å². The second kappa shape index (κ2) is 7.07. The fourth-order valence-electron chi connectivity index (χ4n) is 2.22. The van der Waals surface area contributed by atoms with Crippen molar-refractivity contribution in [3.63, 3.8) is 0 Å². The maximum absolute atomic E-state index is 12.6. The van der Waals surface area contributed by atoms with Crippen molar-refractivity contribution in [1.82, 2.24) is 9.21 Å². The fourth-order valence-corrected chi connectivity index (χ4v) is 3.68. The predicted molar refractivity (Wildman–Crippen MR) is 80.6 cm³/mol. The van der Waals surface area contributed by atoms with Gasteiger partial charge in [-0.05, 0) is 18.2 Å². The first-order chi connectivity index (χ1) is 10.8. The van der Waals surface area contributed by atoms with Gasteiger partial charge in [0, 0.05) is 25.7 Å². The molecule has 0 aromatic heterocycles. The second-order valence-electron chi connectivity index (χ2n) is 5.10. The molecule has 2 rings (SSSR count). The van der Waals surface area contributed by atoms with E-state index in [-0.39, 0.29) is 23.5 Å². The van der Waals surface area contributed by atoms with Gasteiger partial charge in [-0.1, -0.05) is 6.07 Å². The van der Waals surface area contributed by atoms with Crippen LogP contribution in [-0.2, 0) is 19.6 Å². The van der Waals surface area contributed by atoms with Crippen molar-refractivity contribution in [3.05, 3.63) is 29.8 Å². The third-order valence-corrected chi connectivity index (χ3v) is 5.30. The number of nitrogens with zero attached hydrogens (tertiary/aromatic N) is 2. The molecule has 1 saturated heterocycles. The predicted octanol–water partition coefficient (Wildman–Crippen LogP) is -0.136. The van der Waals surface area contributed by atoms with Crippen LogP contribution in [-0.4, -0.2) is 74.5 Å². The molecule has 0 saturated carbocycles. The zero-order valence-electron chi connectivity index (χ0n) is 12.6. The molecule has 9 heteroatoms. The SMILES string of the molecule is CN(CC(=O)O)C(=O)c1cccc(S(=O)(=O)N2CCOCC2)c1. The van der Waals surface area contributed by atoms with Crippen LogP contribution < -0.4 is 0 Å². The van der Waals surface area contributed by atoms with E-state index in [9.17, 15) is 18.0 Å². The summed E-state index contributed by atoms with van der Waals surface area (Å²) in [5, 5.41) is 8.73. The van der Waals surface area contributed by atoms with Crippen molar-refractivity contribution in [1.29, 1.82) is 0 Å². The number of hydrogen-bond donors (Lipinski definition) is 1. The molecule has 0 unspecified atom stereocenters. The van der Waals surface area contributed by atoms with Gasteiger partial charge in [-0.25, -0.2) is 8.42 Å². The molecule has 0 spiro atoms. The number of hydrogen-bond acceptors (Lipinski definition) is 5. The number of ether oxygens (including phenoxy) is 1. The average molecular weight is 342 g/mol. The Balaban J connectivity index is 2.25. The molecule has 126 valence electrons. The van der Waals surface area contributed by atoms with Crippen LogP contribution in [0.3, 0.4) is 0 Å². The van der Waals surface area contributed by atoms with Gasteiger partial charge in [-0.15, -0.1) is 0 Å². The molecule has 0 bridgehead atoms. The zero-order valence-corrected chi connectivity index (χ0v) is 13.5. The molecule has 23 heavy (non-hydrogen) atoms. The highest BCUT2D eigenvalue weighted by molar-refractivity contribution is 7.89. The van der Waals surface area contributed by atoms with E-state index in [1.807, 2.05) is 0 Å². The summed E-state index contributed by atoms with van der Waals surface area (Å²) in [4.78, 5) is 23.9. The van der Waals surface area contributed by atoms with Crippen LogP contribution in [0.15, 0.2) is 29.2 Å². The number of carbonyl (C=O) groups is 2. The Morgan fingerprint density at radius 3 is 2.57 bits per heavy atom. The third-order valence-electron chi connectivity index (χ3n) is 3.41. The third kappa shape index (κ3) is 4.06. The number of aliphatic carboxylic acids is 1. The Kier molecular flexibility index (Phi) is 5.34. The standard InChI is InChI=1S/C14H18N2O6S/c1-15(10-13(17)18)14(19)11-3-2-4-12(9-11)23(20,21)16-5-7-22-8-6-16/h2-4,9H,5-8,10H2,1H3,(H,17,18). The molecule has 0 atom stereocenters. The van der Waals surface area contributed by atoms with E-state index in [1.54, 1.807) is 0 Å². The van der Waals surface area contributed by atoms with E-state index in [4.69, 9.17) is 9.84 Å². The zero-order chi connectivity index (χ0) is 17.0. The minimum atomic E-state index is -3.70. The minimum absolute atomic E-state index is 0.00831. The maximum atomic E-state index is 12.6. The lowest BCUT2D eigenvalue weighted by atomic mass is 10.2. The van der Waals surface area contributed by atoms with Crippen LogP contribution in [0.5, 0.6) is 0 Å². The highest BCUT2D eigenvalue weighted by Gasteiger charge is 2.27. The molecule has 1 aromatic rings. The van der Waals surface area contributed by atoms with Gasteiger partial charge >= 0.3 is 5.97 Å². The molecule has 1 aliphatic heterocycles. The van der Waals surface area contributed by atoms with E-state index in [0.717, 1.165) is 4.90 Å². The monoisotopic (exact) mass is 342 g/mol. The topological polar surface area (TPSA) is 104 Å². The van der Waals surface area contributed by atoms with Gasteiger partial charge in [-0.2, -0.15) is 4.31 Å². The van der Waals surface area contributed by atoms with Crippen molar-refractivity contribution in [2.75, 3.05) is 39.9 Å². The van der Waals surface area contributed by atoms with Crippen molar-refractivity contribution < 1.29 is 27.9 Å². The molecule has 1 heterocycles. The molecular formula is C14H18N2O6S. The summed E-state index contributed by atoms with van der Waals surface area (Å²) < 4.78 is 31.6. The Labute approximate surface area is 134 Å². The number of sulfonamides is 1. The van der Waals surface area contributed by atoms with E-state index in [0.29, 0.717) is 13.2 Å². The summed E-state index contributed by atoms with van der Waals surface area (Å²) in [6, 6.07) is 5.61. The molecule has 0 aliphatic carbocycles.